The largest absolute Gasteiger partial charge is 0.463 e. The van der Waals surface area contributed by atoms with Gasteiger partial charge in [0.1, 0.15) is 17.2 Å². The number of aromatic nitrogens is 3. The lowest BCUT2D eigenvalue weighted by Crippen LogP contribution is -2.24. The van der Waals surface area contributed by atoms with Crippen molar-refractivity contribution in [1.82, 2.24) is 19.9 Å². The first-order chi connectivity index (χ1) is 13.8. The van der Waals surface area contributed by atoms with E-state index in [0.29, 0.717) is 0 Å². The van der Waals surface area contributed by atoms with Crippen molar-refractivity contribution in [3.05, 3.63) is 77.6 Å². The molecular formula is C19H12ClF3N4O2. The van der Waals surface area contributed by atoms with Gasteiger partial charge >= 0.3 is 5.38 Å². The third-order valence-corrected chi connectivity index (χ3v) is 4.31. The Balaban J connectivity index is 1.69. The molecule has 0 bridgehead atoms. The summed E-state index contributed by atoms with van der Waals surface area (Å²) in [6.07, 6.45) is 1.37. The second-order valence-electron chi connectivity index (χ2n) is 6.08. The summed E-state index contributed by atoms with van der Waals surface area (Å²) in [6.45, 7) is -0.0943. The second-order valence-corrected chi connectivity index (χ2v) is 6.55. The minimum absolute atomic E-state index is 0.0229. The molecule has 0 saturated carbocycles. The molecule has 0 unspecified atom stereocenters. The Hall–Kier alpha value is -3.33. The minimum Gasteiger partial charge on any atom is -0.463 e. The SMILES string of the molecule is O=C(NCc1ccccc1F)c1cc2nc(-c3ccco3)cc(C(F)(F)Cl)n2n1. The molecule has 6 nitrogen and oxygen atoms in total. The van der Waals surface area contributed by atoms with Crippen LogP contribution in [0, 0.1) is 5.82 Å². The molecule has 0 aliphatic carbocycles. The number of nitrogens with zero attached hydrogens (tertiary/aromatic N) is 3. The Bertz CT molecular complexity index is 1190. The van der Waals surface area contributed by atoms with E-state index in [0.717, 1.165) is 10.6 Å². The predicted octanol–water partition coefficient (Wildman–Crippen LogP) is 4.35. The number of carbonyl (C=O) groups excluding carboxylic acids is 1. The van der Waals surface area contributed by atoms with Gasteiger partial charge in [0.15, 0.2) is 17.1 Å². The highest BCUT2D eigenvalue weighted by molar-refractivity contribution is 6.21. The van der Waals surface area contributed by atoms with Crippen molar-refractivity contribution in [2.75, 3.05) is 0 Å². The fourth-order valence-corrected chi connectivity index (χ4v) is 2.88. The third-order valence-electron chi connectivity index (χ3n) is 4.12. The molecule has 1 amide bonds. The van der Waals surface area contributed by atoms with E-state index in [1.165, 1.54) is 30.5 Å². The average Bonchev–Trinajstić information content (AvgIpc) is 3.35. The van der Waals surface area contributed by atoms with Gasteiger partial charge in [-0.1, -0.05) is 18.2 Å². The van der Waals surface area contributed by atoms with Crippen LogP contribution >= 0.6 is 11.6 Å². The van der Waals surface area contributed by atoms with E-state index in [9.17, 15) is 18.0 Å². The number of carbonyl (C=O) groups is 1. The zero-order valence-electron chi connectivity index (χ0n) is 14.6. The Kier molecular flexibility index (Phi) is 4.75. The van der Waals surface area contributed by atoms with E-state index < -0.39 is 22.8 Å². The quantitative estimate of drug-likeness (QED) is 0.487. The topological polar surface area (TPSA) is 72.4 Å². The molecule has 0 aliphatic rings. The third kappa shape index (κ3) is 3.81. The Morgan fingerprint density at radius 3 is 2.69 bits per heavy atom. The summed E-state index contributed by atoms with van der Waals surface area (Å²) in [5.41, 5.74) is -0.492. The Morgan fingerprint density at radius 2 is 2.00 bits per heavy atom. The molecule has 4 aromatic rings. The number of fused-ring (bicyclic) bond motifs is 1. The van der Waals surface area contributed by atoms with Crippen LogP contribution in [0.25, 0.3) is 17.1 Å². The van der Waals surface area contributed by atoms with Gasteiger partial charge in [0, 0.05) is 18.2 Å². The molecule has 10 heteroatoms. The van der Waals surface area contributed by atoms with Crippen molar-refractivity contribution < 1.29 is 22.4 Å². The molecule has 3 heterocycles. The second kappa shape index (κ2) is 7.25. The molecular weight excluding hydrogens is 409 g/mol. The normalized spacial score (nSPS) is 11.7. The van der Waals surface area contributed by atoms with Crippen molar-refractivity contribution in [3.8, 4) is 11.5 Å². The van der Waals surface area contributed by atoms with Crippen LogP contribution in [0.4, 0.5) is 13.2 Å². The fourth-order valence-electron chi connectivity index (χ4n) is 2.75. The number of halogens is 4. The van der Waals surface area contributed by atoms with Gasteiger partial charge in [0.2, 0.25) is 0 Å². The van der Waals surface area contributed by atoms with Crippen LogP contribution in [0.15, 0.2) is 59.2 Å². The van der Waals surface area contributed by atoms with Crippen LogP contribution in [-0.4, -0.2) is 20.5 Å². The Morgan fingerprint density at radius 1 is 1.21 bits per heavy atom. The number of benzene rings is 1. The van der Waals surface area contributed by atoms with Gasteiger partial charge in [-0.2, -0.15) is 13.9 Å². The van der Waals surface area contributed by atoms with E-state index >= 15 is 0 Å². The van der Waals surface area contributed by atoms with E-state index in [2.05, 4.69) is 15.4 Å². The van der Waals surface area contributed by atoms with Gasteiger partial charge in [0.05, 0.1) is 6.26 Å². The zero-order chi connectivity index (χ0) is 20.6. The highest BCUT2D eigenvalue weighted by atomic mass is 35.5. The van der Waals surface area contributed by atoms with E-state index in [1.807, 2.05) is 0 Å². The van der Waals surface area contributed by atoms with Crippen molar-refractivity contribution in [2.45, 2.75) is 11.9 Å². The van der Waals surface area contributed by atoms with Gasteiger partial charge in [-0.3, -0.25) is 4.79 Å². The zero-order valence-corrected chi connectivity index (χ0v) is 15.3. The number of alkyl halides is 3. The van der Waals surface area contributed by atoms with Crippen LogP contribution in [0.2, 0.25) is 0 Å². The lowest BCUT2D eigenvalue weighted by molar-refractivity contribution is 0.0866. The van der Waals surface area contributed by atoms with Crippen LogP contribution < -0.4 is 5.32 Å². The average molecular weight is 421 g/mol. The highest BCUT2D eigenvalue weighted by Gasteiger charge is 2.33. The van der Waals surface area contributed by atoms with E-state index in [-0.39, 0.29) is 34.9 Å². The lowest BCUT2D eigenvalue weighted by Gasteiger charge is -2.11. The summed E-state index contributed by atoms with van der Waals surface area (Å²) in [5.74, 6) is -0.903. The molecule has 1 aromatic carbocycles. The van der Waals surface area contributed by atoms with E-state index in [4.69, 9.17) is 16.0 Å². The Labute approximate surface area is 166 Å². The maximum absolute atomic E-state index is 13.9. The maximum atomic E-state index is 13.9. The van der Waals surface area contributed by atoms with Gasteiger partial charge in [-0.05, 0) is 35.9 Å². The summed E-state index contributed by atoms with van der Waals surface area (Å²) in [7, 11) is 0. The lowest BCUT2D eigenvalue weighted by atomic mass is 10.2. The minimum atomic E-state index is -3.77. The summed E-state index contributed by atoms with van der Waals surface area (Å²) < 4.78 is 47.5. The first-order valence-corrected chi connectivity index (χ1v) is 8.74. The molecule has 4 rings (SSSR count). The van der Waals surface area contributed by atoms with Crippen LogP contribution in [0.3, 0.4) is 0 Å². The molecule has 148 valence electrons. The molecule has 0 radical (unpaired) electrons. The van der Waals surface area contributed by atoms with Gasteiger partial charge in [0.25, 0.3) is 5.91 Å². The fraction of sp³-hybridized carbons (Fsp3) is 0.105. The van der Waals surface area contributed by atoms with Crippen LogP contribution in [0.1, 0.15) is 21.7 Å². The maximum Gasteiger partial charge on any atom is 0.364 e. The van der Waals surface area contributed by atoms with Gasteiger partial charge < -0.3 is 9.73 Å². The number of nitrogens with one attached hydrogen (secondary N) is 1. The van der Waals surface area contributed by atoms with Gasteiger partial charge in [-0.25, -0.2) is 13.9 Å². The summed E-state index contributed by atoms with van der Waals surface area (Å²) in [5, 5.41) is 2.62. The molecule has 0 atom stereocenters. The number of hydrogen-bond acceptors (Lipinski definition) is 4. The molecule has 0 aliphatic heterocycles. The monoisotopic (exact) mass is 420 g/mol. The van der Waals surface area contributed by atoms with Crippen molar-refractivity contribution in [2.24, 2.45) is 0 Å². The van der Waals surface area contributed by atoms with Crippen LogP contribution in [0.5, 0.6) is 0 Å². The predicted molar refractivity (Wildman–Crippen MR) is 98.0 cm³/mol. The number of rotatable bonds is 5. The highest BCUT2D eigenvalue weighted by Crippen LogP contribution is 2.34. The number of hydrogen-bond donors (Lipinski definition) is 1. The molecule has 29 heavy (non-hydrogen) atoms. The van der Waals surface area contributed by atoms with Crippen LogP contribution in [-0.2, 0) is 11.9 Å². The first kappa shape index (κ1) is 19.0. The van der Waals surface area contributed by atoms with Crippen molar-refractivity contribution in [3.63, 3.8) is 0 Å². The summed E-state index contributed by atoms with van der Waals surface area (Å²) in [4.78, 5) is 16.6. The number of amides is 1. The molecule has 0 saturated heterocycles. The molecule has 1 N–H and O–H groups in total. The number of furan rings is 1. The van der Waals surface area contributed by atoms with E-state index in [1.54, 1.807) is 18.2 Å². The first-order valence-electron chi connectivity index (χ1n) is 8.36. The smallest absolute Gasteiger partial charge is 0.364 e. The molecule has 0 spiro atoms. The van der Waals surface area contributed by atoms with Crippen molar-refractivity contribution >= 4 is 23.2 Å². The van der Waals surface area contributed by atoms with Crippen molar-refractivity contribution in [1.29, 1.82) is 0 Å². The summed E-state index contributed by atoms with van der Waals surface area (Å²) >= 11 is 5.22. The standard InChI is InChI=1S/C19H12ClF3N4O2/c20-19(22,23)16-8-13(15-6-3-7-29-15)25-17-9-14(26-27(16)17)18(28)24-10-11-4-1-2-5-12(11)21/h1-9H,10H2,(H,24,28). The summed E-state index contributed by atoms with van der Waals surface area (Å²) in [6, 6.07) is 11.3. The van der Waals surface area contributed by atoms with Gasteiger partial charge in [-0.15, -0.1) is 0 Å². The molecule has 3 aromatic heterocycles. The molecule has 0 fully saturated rings.